The SMILES string of the molecule is CC1CN(C(=O)C2CCC(NC(=O)CC3CCCC3)CC2)CCN1.Cl. The predicted molar refractivity (Wildman–Crippen MR) is 102 cm³/mol. The molecule has 0 bridgehead atoms. The fraction of sp³-hybridized carbons (Fsp3) is 0.895. The number of nitrogens with one attached hydrogen (secondary N) is 2. The third kappa shape index (κ3) is 5.85. The number of hydrogen-bond acceptors (Lipinski definition) is 3. The third-order valence-electron chi connectivity index (χ3n) is 6.07. The van der Waals surface area contributed by atoms with Crippen molar-refractivity contribution in [2.24, 2.45) is 11.8 Å². The predicted octanol–water partition coefficient (Wildman–Crippen LogP) is 2.48. The highest BCUT2D eigenvalue weighted by molar-refractivity contribution is 5.85. The first-order chi connectivity index (χ1) is 11.6. The second-order valence-electron chi connectivity index (χ2n) is 8.11. The Balaban J connectivity index is 0.00000225. The summed E-state index contributed by atoms with van der Waals surface area (Å²) in [5.74, 6) is 1.34. The van der Waals surface area contributed by atoms with Crippen molar-refractivity contribution in [3.05, 3.63) is 0 Å². The Hall–Kier alpha value is -0.810. The Labute approximate surface area is 158 Å². The lowest BCUT2D eigenvalue weighted by atomic mass is 9.84. The maximum Gasteiger partial charge on any atom is 0.225 e. The molecular formula is C19H34ClN3O2. The minimum Gasteiger partial charge on any atom is -0.353 e. The van der Waals surface area contributed by atoms with Crippen molar-refractivity contribution in [2.75, 3.05) is 19.6 Å². The molecule has 2 saturated carbocycles. The molecule has 2 aliphatic carbocycles. The Morgan fingerprint density at radius 3 is 2.40 bits per heavy atom. The number of rotatable bonds is 4. The summed E-state index contributed by atoms with van der Waals surface area (Å²) in [5.41, 5.74) is 0. The zero-order valence-electron chi connectivity index (χ0n) is 15.5. The van der Waals surface area contributed by atoms with E-state index in [0.717, 1.165) is 45.3 Å². The van der Waals surface area contributed by atoms with E-state index >= 15 is 0 Å². The minimum absolute atomic E-state index is 0. The molecule has 0 aromatic heterocycles. The minimum atomic E-state index is 0. The van der Waals surface area contributed by atoms with Crippen molar-refractivity contribution in [1.82, 2.24) is 15.5 Å². The second-order valence-corrected chi connectivity index (χ2v) is 8.11. The maximum atomic E-state index is 12.7. The molecule has 0 aromatic carbocycles. The van der Waals surface area contributed by atoms with Crippen molar-refractivity contribution < 1.29 is 9.59 Å². The molecular weight excluding hydrogens is 338 g/mol. The van der Waals surface area contributed by atoms with Gasteiger partial charge in [-0.15, -0.1) is 12.4 Å². The molecule has 0 radical (unpaired) electrons. The van der Waals surface area contributed by atoms with Gasteiger partial charge in [-0.2, -0.15) is 0 Å². The quantitative estimate of drug-likeness (QED) is 0.798. The van der Waals surface area contributed by atoms with Gasteiger partial charge in [0.25, 0.3) is 0 Å². The van der Waals surface area contributed by atoms with Crippen LogP contribution in [0.4, 0.5) is 0 Å². The lowest BCUT2D eigenvalue weighted by Gasteiger charge is -2.36. The Morgan fingerprint density at radius 2 is 1.76 bits per heavy atom. The van der Waals surface area contributed by atoms with E-state index in [2.05, 4.69) is 17.6 Å². The van der Waals surface area contributed by atoms with Crippen molar-refractivity contribution >= 4 is 24.2 Å². The van der Waals surface area contributed by atoms with Gasteiger partial charge in [-0.1, -0.05) is 12.8 Å². The molecule has 0 spiro atoms. The third-order valence-corrected chi connectivity index (χ3v) is 6.07. The topological polar surface area (TPSA) is 61.4 Å². The van der Waals surface area contributed by atoms with Crippen molar-refractivity contribution in [3.63, 3.8) is 0 Å². The molecule has 144 valence electrons. The highest BCUT2D eigenvalue weighted by Crippen LogP contribution is 2.29. The molecule has 25 heavy (non-hydrogen) atoms. The summed E-state index contributed by atoms with van der Waals surface area (Å²) < 4.78 is 0. The Kier molecular flexibility index (Phi) is 8.01. The zero-order valence-corrected chi connectivity index (χ0v) is 16.3. The van der Waals surface area contributed by atoms with Crippen molar-refractivity contribution in [3.8, 4) is 0 Å². The summed E-state index contributed by atoms with van der Waals surface area (Å²) in [5, 5.41) is 6.60. The standard InChI is InChI=1S/C19H33N3O2.ClH/c1-14-13-22(11-10-20-14)19(24)16-6-8-17(9-7-16)21-18(23)12-15-4-2-3-5-15;/h14-17,20H,2-13H2,1H3,(H,21,23);1H. The van der Waals surface area contributed by atoms with Gasteiger partial charge in [-0.25, -0.2) is 0 Å². The first-order valence-corrected chi connectivity index (χ1v) is 9.93. The fourth-order valence-electron chi connectivity index (χ4n) is 4.64. The van der Waals surface area contributed by atoms with Crippen LogP contribution in [0, 0.1) is 11.8 Å². The van der Waals surface area contributed by atoms with Crippen LogP contribution in [0.25, 0.3) is 0 Å². The van der Waals surface area contributed by atoms with Gasteiger partial charge < -0.3 is 15.5 Å². The smallest absolute Gasteiger partial charge is 0.225 e. The van der Waals surface area contributed by atoms with Gasteiger partial charge in [0.15, 0.2) is 0 Å². The number of carbonyl (C=O) groups is 2. The molecule has 2 N–H and O–H groups in total. The van der Waals surface area contributed by atoms with Crippen LogP contribution in [0.2, 0.25) is 0 Å². The van der Waals surface area contributed by atoms with Crippen LogP contribution in [0.3, 0.4) is 0 Å². The van der Waals surface area contributed by atoms with Gasteiger partial charge in [-0.05, 0) is 51.4 Å². The van der Waals surface area contributed by atoms with Crippen LogP contribution in [0.5, 0.6) is 0 Å². The van der Waals surface area contributed by atoms with Gasteiger partial charge in [0.2, 0.25) is 11.8 Å². The number of hydrogen-bond donors (Lipinski definition) is 2. The monoisotopic (exact) mass is 371 g/mol. The van der Waals surface area contributed by atoms with Crippen LogP contribution in [-0.4, -0.2) is 48.4 Å². The normalized spacial score (nSPS) is 30.6. The van der Waals surface area contributed by atoms with Gasteiger partial charge in [0, 0.05) is 44.1 Å². The number of halogens is 1. The summed E-state index contributed by atoms with van der Waals surface area (Å²) in [6.07, 6.45) is 9.47. The molecule has 3 aliphatic rings. The van der Waals surface area contributed by atoms with E-state index in [1.807, 2.05) is 4.90 Å². The molecule has 1 aliphatic heterocycles. The van der Waals surface area contributed by atoms with Crippen LogP contribution < -0.4 is 10.6 Å². The van der Waals surface area contributed by atoms with Crippen LogP contribution in [0.1, 0.15) is 64.7 Å². The summed E-state index contributed by atoms with van der Waals surface area (Å²) in [6.45, 7) is 4.70. The molecule has 5 nitrogen and oxygen atoms in total. The number of nitrogens with zero attached hydrogens (tertiary/aromatic N) is 1. The number of carbonyl (C=O) groups excluding carboxylic acids is 2. The van der Waals surface area contributed by atoms with E-state index in [0.29, 0.717) is 24.3 Å². The molecule has 2 amide bonds. The van der Waals surface area contributed by atoms with Crippen molar-refractivity contribution in [2.45, 2.75) is 76.8 Å². The van der Waals surface area contributed by atoms with E-state index in [-0.39, 0.29) is 30.3 Å². The molecule has 0 aromatic rings. The van der Waals surface area contributed by atoms with Crippen LogP contribution in [-0.2, 0) is 9.59 Å². The number of amides is 2. The van der Waals surface area contributed by atoms with Gasteiger partial charge in [0.1, 0.15) is 0 Å². The van der Waals surface area contributed by atoms with Crippen molar-refractivity contribution in [1.29, 1.82) is 0 Å². The van der Waals surface area contributed by atoms with E-state index in [4.69, 9.17) is 0 Å². The Morgan fingerprint density at radius 1 is 1.08 bits per heavy atom. The van der Waals surface area contributed by atoms with E-state index in [9.17, 15) is 9.59 Å². The lowest BCUT2D eigenvalue weighted by Crippen LogP contribution is -2.53. The zero-order chi connectivity index (χ0) is 16.9. The average molecular weight is 372 g/mol. The molecule has 1 atom stereocenters. The average Bonchev–Trinajstić information content (AvgIpc) is 3.07. The highest BCUT2D eigenvalue weighted by atomic mass is 35.5. The molecule has 6 heteroatoms. The van der Waals surface area contributed by atoms with Gasteiger partial charge in [-0.3, -0.25) is 9.59 Å². The summed E-state index contributed by atoms with van der Waals surface area (Å²) in [4.78, 5) is 26.9. The summed E-state index contributed by atoms with van der Waals surface area (Å²) >= 11 is 0. The largest absolute Gasteiger partial charge is 0.353 e. The fourth-order valence-corrected chi connectivity index (χ4v) is 4.64. The van der Waals surface area contributed by atoms with Gasteiger partial charge >= 0.3 is 0 Å². The second kappa shape index (κ2) is 9.77. The van der Waals surface area contributed by atoms with E-state index < -0.39 is 0 Å². The highest BCUT2D eigenvalue weighted by Gasteiger charge is 2.31. The summed E-state index contributed by atoms with van der Waals surface area (Å²) in [7, 11) is 0. The molecule has 1 unspecified atom stereocenters. The van der Waals surface area contributed by atoms with Gasteiger partial charge in [0.05, 0.1) is 0 Å². The van der Waals surface area contributed by atoms with E-state index in [1.54, 1.807) is 0 Å². The molecule has 1 saturated heterocycles. The molecule has 3 rings (SSSR count). The van der Waals surface area contributed by atoms with E-state index in [1.165, 1.54) is 25.7 Å². The number of piperazine rings is 1. The first kappa shape index (κ1) is 20.5. The first-order valence-electron chi connectivity index (χ1n) is 9.93. The Bertz CT molecular complexity index is 446. The van der Waals surface area contributed by atoms with Crippen LogP contribution in [0.15, 0.2) is 0 Å². The maximum absolute atomic E-state index is 12.7. The lowest BCUT2D eigenvalue weighted by molar-refractivity contribution is -0.137. The molecule has 3 fully saturated rings. The summed E-state index contributed by atoms with van der Waals surface area (Å²) in [6, 6.07) is 0.679. The molecule has 1 heterocycles. The van der Waals surface area contributed by atoms with Crippen LogP contribution >= 0.6 is 12.4 Å².